The molecule has 0 saturated carbocycles. The van der Waals surface area contributed by atoms with E-state index in [-0.39, 0.29) is 0 Å². The molecule has 0 radical (unpaired) electrons. The molecule has 0 aliphatic heterocycles. The molecule has 4 aromatic carbocycles. The van der Waals surface area contributed by atoms with Crippen LogP contribution in [0, 0.1) is 6.92 Å². The lowest BCUT2D eigenvalue weighted by molar-refractivity contribution is 0.691. The molecule has 0 bridgehead atoms. The summed E-state index contributed by atoms with van der Waals surface area (Å²) in [6.07, 6.45) is 28.7. The van der Waals surface area contributed by atoms with Crippen LogP contribution in [0.1, 0.15) is 102 Å². The van der Waals surface area contributed by atoms with Crippen molar-refractivity contribution in [1.82, 2.24) is 0 Å². The minimum Gasteiger partial charge on any atom is -0.397 e. The first kappa shape index (κ1) is 41.1. The Kier molecular flexibility index (Phi) is 13.9. The lowest BCUT2D eigenvalue weighted by Crippen LogP contribution is -2.08. The summed E-state index contributed by atoms with van der Waals surface area (Å²) in [5, 5.41) is 2.52. The highest BCUT2D eigenvalue weighted by Crippen LogP contribution is 2.40. The van der Waals surface area contributed by atoms with Crippen molar-refractivity contribution in [2.45, 2.75) is 79.1 Å². The van der Waals surface area contributed by atoms with Crippen molar-refractivity contribution in [3.63, 3.8) is 0 Å². The van der Waals surface area contributed by atoms with Gasteiger partial charge in [0.2, 0.25) is 0 Å². The normalized spacial score (nSPS) is 15.5. The molecule has 2 nitrogen and oxygen atoms in total. The molecule has 4 heteroatoms. The van der Waals surface area contributed by atoms with E-state index in [1.54, 1.807) is 11.3 Å². The van der Waals surface area contributed by atoms with Crippen molar-refractivity contribution in [3.8, 4) is 11.1 Å². The first-order valence-electron chi connectivity index (χ1n) is 21.0. The molecule has 1 unspecified atom stereocenters. The number of nitrogens with zero attached hydrogens (tertiary/aromatic N) is 1. The summed E-state index contributed by atoms with van der Waals surface area (Å²) in [5.74, 6) is 2.21. The van der Waals surface area contributed by atoms with Gasteiger partial charge in [0.25, 0.3) is 0 Å². The number of fused-ring (bicyclic) bond motifs is 2. The zero-order valence-electron chi connectivity index (χ0n) is 34.7. The second-order valence-corrected chi connectivity index (χ2v) is 16.8. The van der Waals surface area contributed by atoms with Gasteiger partial charge in [-0.15, -0.1) is 20.6 Å². The monoisotopic (exact) mass is 796 g/mol. The van der Waals surface area contributed by atoms with Gasteiger partial charge in [0.15, 0.2) is 0 Å². The van der Waals surface area contributed by atoms with E-state index in [2.05, 4.69) is 169 Å². The Morgan fingerprint density at radius 3 is 2.47 bits per heavy atom. The van der Waals surface area contributed by atoms with Gasteiger partial charge >= 0.3 is 0 Å². The van der Waals surface area contributed by atoms with E-state index in [1.165, 1.54) is 89.7 Å². The standard InChI is InChI=1S/C54H57N2PS/c1-5-7-10-21-41-22-17-26-44(37(41)3)47-32-33-48(46-24-14-13-23-45(46)47)50(36-57)38(4)43(20-8-6-2)34-39-28-30-42(31-29-39)53(56-35-40-18-11-9-12-19-40)54-52(55)49-25-15-16-27-51(49)58-54/h5,7-8,10,13-14,16-18,20-24,26-33,36H,6,9,11-12,15,19,25,34-35,55,57H2,1-4H3/b7-5-,20-8-,21-10-,43-38-,50-36+,56-53?. The van der Waals surface area contributed by atoms with E-state index in [0.717, 1.165) is 66.9 Å². The van der Waals surface area contributed by atoms with Gasteiger partial charge in [-0.05, 0) is 145 Å². The van der Waals surface area contributed by atoms with E-state index in [1.807, 2.05) is 6.92 Å². The van der Waals surface area contributed by atoms with Crippen LogP contribution in [0.4, 0.5) is 5.69 Å². The van der Waals surface area contributed by atoms with Crippen LogP contribution in [0.15, 0.2) is 149 Å². The summed E-state index contributed by atoms with van der Waals surface area (Å²) in [5.41, 5.74) is 24.1. The Hall–Kier alpha value is -5.08. The van der Waals surface area contributed by atoms with Gasteiger partial charge in [-0.2, -0.15) is 0 Å². The molecule has 1 heterocycles. The maximum atomic E-state index is 6.90. The number of hydrogen-bond donors (Lipinski definition) is 1. The fourth-order valence-corrected chi connectivity index (χ4v) is 10.00. The number of anilines is 1. The SMILES string of the molecule is C/C=C\C=C/c1cccc(-c2ccc(C(=C/P)/C(C)=C(/C=C\CC)Cc3ccc(C(=NCC4=CCCCC4)c4sc5c(c4N)CCC=C5)cc3)c3ccccc23)c1C. The van der Waals surface area contributed by atoms with Crippen molar-refractivity contribution >= 4 is 60.5 Å². The van der Waals surface area contributed by atoms with Crippen LogP contribution in [0.5, 0.6) is 0 Å². The largest absolute Gasteiger partial charge is 0.397 e. The Balaban J connectivity index is 1.23. The Morgan fingerprint density at radius 1 is 0.897 bits per heavy atom. The molecule has 5 aromatic rings. The minimum atomic E-state index is 0.739. The Bertz CT molecular complexity index is 2530. The lowest BCUT2D eigenvalue weighted by atomic mass is 9.86. The number of rotatable bonds is 13. The summed E-state index contributed by atoms with van der Waals surface area (Å²) in [6.45, 7) is 9.51. The van der Waals surface area contributed by atoms with Crippen LogP contribution in [0.2, 0.25) is 0 Å². The third kappa shape index (κ3) is 9.13. The van der Waals surface area contributed by atoms with Gasteiger partial charge in [-0.25, -0.2) is 0 Å². The van der Waals surface area contributed by atoms with E-state index >= 15 is 0 Å². The van der Waals surface area contributed by atoms with Crippen LogP contribution in [-0.4, -0.2) is 12.3 Å². The number of nitrogen functional groups attached to an aromatic ring is 1. The quantitative estimate of drug-likeness (QED) is 0.0548. The smallest absolute Gasteiger partial charge is 0.0843 e. The van der Waals surface area contributed by atoms with Crippen molar-refractivity contribution in [2.75, 3.05) is 12.3 Å². The van der Waals surface area contributed by atoms with E-state index in [0.29, 0.717) is 0 Å². The summed E-state index contributed by atoms with van der Waals surface area (Å²) >= 11 is 1.80. The van der Waals surface area contributed by atoms with Gasteiger partial charge in [0.05, 0.1) is 22.8 Å². The molecule has 0 spiro atoms. The molecule has 58 heavy (non-hydrogen) atoms. The van der Waals surface area contributed by atoms with Crippen LogP contribution < -0.4 is 5.73 Å². The third-order valence-electron chi connectivity index (χ3n) is 11.6. The third-order valence-corrected chi connectivity index (χ3v) is 13.2. The number of nitrogens with two attached hydrogens (primary N) is 1. The number of allylic oxidation sites excluding steroid dienone is 10. The molecule has 294 valence electrons. The molecule has 0 fully saturated rings. The molecule has 2 aliphatic carbocycles. The average molecular weight is 797 g/mol. The fraction of sp³-hybridized carbons (Fsp3) is 0.241. The molecule has 2 aliphatic rings. The van der Waals surface area contributed by atoms with Crippen LogP contribution in [0.25, 0.3) is 39.6 Å². The topological polar surface area (TPSA) is 38.4 Å². The number of hydrogen-bond acceptors (Lipinski definition) is 3. The number of benzene rings is 4. The van der Waals surface area contributed by atoms with Crippen LogP contribution in [0.3, 0.4) is 0 Å². The minimum absolute atomic E-state index is 0.739. The summed E-state index contributed by atoms with van der Waals surface area (Å²) in [7, 11) is 2.91. The zero-order valence-corrected chi connectivity index (χ0v) is 36.6. The lowest BCUT2D eigenvalue weighted by Gasteiger charge is -2.18. The Morgan fingerprint density at radius 2 is 1.72 bits per heavy atom. The molecular weight excluding hydrogens is 740 g/mol. The highest BCUT2D eigenvalue weighted by Gasteiger charge is 2.22. The highest BCUT2D eigenvalue weighted by atomic mass is 32.1. The first-order chi connectivity index (χ1) is 28.4. The maximum absolute atomic E-state index is 6.90. The van der Waals surface area contributed by atoms with Crippen molar-refractivity contribution in [2.24, 2.45) is 4.99 Å². The highest BCUT2D eigenvalue weighted by molar-refractivity contribution is 7.21. The number of aliphatic imine (C=N–C) groups is 1. The van der Waals surface area contributed by atoms with Gasteiger partial charge in [-0.3, -0.25) is 4.99 Å². The van der Waals surface area contributed by atoms with E-state index < -0.39 is 0 Å². The van der Waals surface area contributed by atoms with Gasteiger partial charge in [0.1, 0.15) is 0 Å². The van der Waals surface area contributed by atoms with Crippen LogP contribution in [-0.2, 0) is 12.8 Å². The molecule has 1 aromatic heterocycles. The second kappa shape index (κ2) is 19.6. The summed E-state index contributed by atoms with van der Waals surface area (Å²) in [6, 6.07) is 29.2. The summed E-state index contributed by atoms with van der Waals surface area (Å²) < 4.78 is 0. The average Bonchev–Trinajstić information content (AvgIpc) is 3.59. The molecule has 7 rings (SSSR count). The van der Waals surface area contributed by atoms with Crippen molar-refractivity contribution in [3.05, 3.63) is 187 Å². The molecule has 0 saturated heterocycles. The van der Waals surface area contributed by atoms with Gasteiger partial charge in [0, 0.05) is 10.4 Å². The van der Waals surface area contributed by atoms with E-state index in [4.69, 9.17) is 10.7 Å². The second-order valence-electron chi connectivity index (χ2n) is 15.4. The predicted molar refractivity (Wildman–Crippen MR) is 261 cm³/mol. The zero-order chi connectivity index (χ0) is 40.4. The Labute approximate surface area is 353 Å². The molecule has 1 atom stereocenters. The molecule has 0 amide bonds. The van der Waals surface area contributed by atoms with Crippen molar-refractivity contribution < 1.29 is 0 Å². The van der Waals surface area contributed by atoms with Crippen molar-refractivity contribution in [1.29, 1.82) is 0 Å². The maximum Gasteiger partial charge on any atom is 0.0843 e. The van der Waals surface area contributed by atoms with Crippen LogP contribution >= 0.6 is 20.6 Å². The number of thiophene rings is 1. The van der Waals surface area contributed by atoms with Gasteiger partial charge in [-0.1, -0.05) is 146 Å². The fourth-order valence-electron chi connectivity index (χ4n) is 8.34. The molecular formula is C54H57N2PS. The predicted octanol–water partition coefficient (Wildman–Crippen LogP) is 15.1. The van der Waals surface area contributed by atoms with E-state index in [9.17, 15) is 0 Å². The van der Waals surface area contributed by atoms with Gasteiger partial charge < -0.3 is 5.73 Å². The molecule has 2 N–H and O–H groups in total. The summed E-state index contributed by atoms with van der Waals surface area (Å²) in [4.78, 5) is 7.71. The first-order valence-corrected chi connectivity index (χ1v) is 22.5.